The fourth-order valence-electron chi connectivity index (χ4n) is 2.16. The molecule has 4 nitrogen and oxygen atoms in total. The molecule has 0 spiro atoms. The van der Waals surface area contributed by atoms with Gasteiger partial charge in [0.2, 0.25) is 0 Å². The van der Waals surface area contributed by atoms with Crippen LogP contribution in [-0.2, 0) is 4.79 Å². The van der Waals surface area contributed by atoms with E-state index in [2.05, 4.69) is 5.10 Å². The number of carbonyl (C=O) groups is 1. The lowest BCUT2D eigenvalue weighted by atomic mass is 9.98. The van der Waals surface area contributed by atoms with E-state index in [0.29, 0.717) is 30.7 Å². The first kappa shape index (κ1) is 14.5. The van der Waals surface area contributed by atoms with Gasteiger partial charge in [0.05, 0.1) is 11.6 Å². The molecule has 1 atom stereocenters. The summed E-state index contributed by atoms with van der Waals surface area (Å²) in [7, 11) is 0. The van der Waals surface area contributed by atoms with Gasteiger partial charge in [0, 0.05) is 12.1 Å². The molecule has 20 heavy (non-hydrogen) atoms. The van der Waals surface area contributed by atoms with E-state index < -0.39 is 29.3 Å². The summed E-state index contributed by atoms with van der Waals surface area (Å²) in [6.45, 7) is 2.09. The lowest BCUT2D eigenvalue weighted by Crippen LogP contribution is -2.29. The smallest absolute Gasteiger partial charge is 0.256 e. The minimum absolute atomic E-state index is 0.281. The normalized spacial score (nSPS) is 18.6. The molecule has 0 aliphatic carbocycles. The van der Waals surface area contributed by atoms with Crippen LogP contribution in [0.25, 0.3) is 0 Å². The van der Waals surface area contributed by atoms with Crippen LogP contribution in [0.2, 0.25) is 0 Å². The van der Waals surface area contributed by atoms with Crippen molar-refractivity contribution >= 4 is 17.3 Å². The van der Waals surface area contributed by atoms with Crippen molar-refractivity contribution in [2.24, 2.45) is 16.8 Å². The molecule has 0 radical (unpaired) electrons. The van der Waals surface area contributed by atoms with Crippen LogP contribution in [0.15, 0.2) is 17.2 Å². The second kappa shape index (κ2) is 5.62. The molecule has 0 saturated carbocycles. The van der Waals surface area contributed by atoms with Gasteiger partial charge in [0.25, 0.3) is 5.91 Å². The first-order valence-electron chi connectivity index (χ1n) is 6.25. The van der Waals surface area contributed by atoms with E-state index in [-0.39, 0.29) is 12.2 Å². The van der Waals surface area contributed by atoms with Crippen molar-refractivity contribution in [1.82, 2.24) is 0 Å². The number of nitrogens with zero attached hydrogens (tertiary/aromatic N) is 2. The molecule has 1 aliphatic heterocycles. The number of hydrogen-bond donors (Lipinski definition) is 1. The number of anilines is 1. The number of hydrazone groups is 1. The minimum Gasteiger partial charge on any atom is -0.330 e. The summed E-state index contributed by atoms with van der Waals surface area (Å²) in [4.78, 5) is 12.2. The van der Waals surface area contributed by atoms with Crippen molar-refractivity contribution in [2.75, 3.05) is 11.6 Å². The molecule has 0 fully saturated rings. The Kier molecular flexibility index (Phi) is 4.08. The molecule has 108 valence electrons. The average Bonchev–Trinajstić information content (AvgIpc) is 2.72. The highest BCUT2D eigenvalue weighted by Crippen LogP contribution is 2.30. The molecule has 1 aliphatic rings. The molecular formula is C13H14F3N3O. The monoisotopic (exact) mass is 285 g/mol. The van der Waals surface area contributed by atoms with Gasteiger partial charge < -0.3 is 5.73 Å². The zero-order chi connectivity index (χ0) is 14.9. The van der Waals surface area contributed by atoms with Crippen molar-refractivity contribution in [3.05, 3.63) is 29.6 Å². The lowest BCUT2D eigenvalue weighted by molar-refractivity contribution is -0.119. The van der Waals surface area contributed by atoms with E-state index in [9.17, 15) is 18.0 Å². The lowest BCUT2D eigenvalue weighted by Gasteiger charge is -2.15. The van der Waals surface area contributed by atoms with Crippen LogP contribution < -0.4 is 10.7 Å². The molecule has 1 aromatic carbocycles. The topological polar surface area (TPSA) is 58.7 Å². The summed E-state index contributed by atoms with van der Waals surface area (Å²) in [5.74, 6) is -4.58. The van der Waals surface area contributed by atoms with Crippen LogP contribution in [0.1, 0.15) is 19.8 Å². The number of halogens is 3. The Morgan fingerprint density at radius 2 is 1.90 bits per heavy atom. The van der Waals surface area contributed by atoms with Crippen molar-refractivity contribution in [1.29, 1.82) is 0 Å². The van der Waals surface area contributed by atoms with Gasteiger partial charge in [0.15, 0.2) is 17.5 Å². The minimum atomic E-state index is -1.31. The van der Waals surface area contributed by atoms with Gasteiger partial charge in [-0.1, -0.05) is 6.92 Å². The first-order chi connectivity index (χ1) is 9.49. The fourth-order valence-corrected chi connectivity index (χ4v) is 2.16. The van der Waals surface area contributed by atoms with E-state index in [1.807, 2.05) is 0 Å². The maximum atomic E-state index is 13.7. The molecule has 0 aromatic heterocycles. The highest BCUT2D eigenvalue weighted by molar-refractivity contribution is 6.15. The number of carbonyl (C=O) groups excluding carboxylic acids is 1. The largest absolute Gasteiger partial charge is 0.330 e. The van der Waals surface area contributed by atoms with Gasteiger partial charge in [-0.15, -0.1) is 0 Å². The molecule has 2 N–H and O–H groups in total. The second-order valence-corrected chi connectivity index (χ2v) is 4.44. The van der Waals surface area contributed by atoms with Gasteiger partial charge in [-0.2, -0.15) is 10.1 Å². The van der Waals surface area contributed by atoms with Gasteiger partial charge >= 0.3 is 0 Å². The number of nitrogens with two attached hydrogens (primary N) is 1. The summed E-state index contributed by atoms with van der Waals surface area (Å²) in [6.07, 6.45) is 0.880. The highest BCUT2D eigenvalue weighted by atomic mass is 19.2. The van der Waals surface area contributed by atoms with Gasteiger partial charge in [-0.25, -0.2) is 13.2 Å². The Balaban J connectivity index is 2.41. The number of rotatable bonds is 4. The Morgan fingerprint density at radius 3 is 2.50 bits per heavy atom. The van der Waals surface area contributed by atoms with Crippen LogP contribution in [-0.4, -0.2) is 18.2 Å². The second-order valence-electron chi connectivity index (χ2n) is 4.44. The molecule has 0 saturated heterocycles. The molecule has 7 heteroatoms. The summed E-state index contributed by atoms with van der Waals surface area (Å²) in [6, 6.07) is 1.03. The number of benzene rings is 1. The average molecular weight is 285 g/mol. The molecule has 1 heterocycles. The van der Waals surface area contributed by atoms with Crippen molar-refractivity contribution in [3.8, 4) is 0 Å². The Bertz CT molecular complexity index is 574. The Morgan fingerprint density at radius 1 is 1.25 bits per heavy atom. The number of amides is 1. The third kappa shape index (κ3) is 2.40. The van der Waals surface area contributed by atoms with Gasteiger partial charge in [-0.05, 0) is 19.4 Å². The van der Waals surface area contributed by atoms with Crippen molar-refractivity contribution < 1.29 is 18.0 Å². The first-order valence-corrected chi connectivity index (χ1v) is 6.25. The predicted molar refractivity (Wildman–Crippen MR) is 68.7 cm³/mol. The standard InChI is InChI=1S/C13H14F3N3O/c1-2-11-7(3-4-17)13(20)19(18-11)12-6-9(15)8(14)5-10(12)16/h5-7H,2-4,17H2,1H3. The van der Waals surface area contributed by atoms with Crippen LogP contribution in [0, 0.1) is 23.4 Å². The molecule has 1 aromatic rings. The highest BCUT2D eigenvalue weighted by Gasteiger charge is 2.36. The Labute approximate surface area is 114 Å². The third-order valence-electron chi connectivity index (χ3n) is 3.17. The summed E-state index contributed by atoms with van der Waals surface area (Å²) < 4.78 is 39.8. The zero-order valence-electron chi connectivity index (χ0n) is 10.9. The fraction of sp³-hybridized carbons (Fsp3) is 0.385. The van der Waals surface area contributed by atoms with Crippen LogP contribution in [0.4, 0.5) is 18.9 Å². The quantitative estimate of drug-likeness (QED) is 0.862. The van der Waals surface area contributed by atoms with E-state index >= 15 is 0 Å². The molecule has 1 unspecified atom stereocenters. The molecular weight excluding hydrogens is 271 g/mol. The summed E-state index contributed by atoms with van der Waals surface area (Å²) >= 11 is 0. The SMILES string of the molecule is CCC1=NN(c2cc(F)c(F)cc2F)C(=O)C1CCN. The maximum absolute atomic E-state index is 13.7. The zero-order valence-corrected chi connectivity index (χ0v) is 10.9. The third-order valence-corrected chi connectivity index (χ3v) is 3.17. The van der Waals surface area contributed by atoms with Gasteiger partial charge in [-0.3, -0.25) is 4.79 Å². The van der Waals surface area contributed by atoms with Crippen molar-refractivity contribution in [3.63, 3.8) is 0 Å². The van der Waals surface area contributed by atoms with E-state index in [1.165, 1.54) is 0 Å². The molecule has 1 amide bonds. The maximum Gasteiger partial charge on any atom is 0.256 e. The van der Waals surface area contributed by atoms with Crippen LogP contribution in [0.5, 0.6) is 0 Å². The van der Waals surface area contributed by atoms with E-state index in [1.54, 1.807) is 6.92 Å². The molecule has 2 rings (SSSR count). The predicted octanol–water partition coefficient (Wildman–Crippen LogP) is 2.18. The number of hydrogen-bond acceptors (Lipinski definition) is 3. The summed E-state index contributed by atoms with van der Waals surface area (Å²) in [5, 5.41) is 4.79. The van der Waals surface area contributed by atoms with Crippen molar-refractivity contribution in [2.45, 2.75) is 19.8 Å². The Hall–Kier alpha value is -1.89. The van der Waals surface area contributed by atoms with Gasteiger partial charge in [0.1, 0.15) is 5.69 Å². The van der Waals surface area contributed by atoms with Crippen LogP contribution >= 0.6 is 0 Å². The van der Waals surface area contributed by atoms with E-state index in [0.717, 1.165) is 5.01 Å². The summed E-state index contributed by atoms with van der Waals surface area (Å²) in [5.41, 5.74) is 5.61. The molecule has 0 bridgehead atoms. The van der Waals surface area contributed by atoms with E-state index in [4.69, 9.17) is 5.73 Å². The van der Waals surface area contributed by atoms with Crippen LogP contribution in [0.3, 0.4) is 0 Å².